The molecule has 0 spiro atoms. The van der Waals surface area contributed by atoms with E-state index in [2.05, 4.69) is 10.4 Å². The van der Waals surface area contributed by atoms with Crippen LogP contribution in [0.4, 0.5) is 4.39 Å². The molecule has 1 aliphatic heterocycles. The van der Waals surface area contributed by atoms with Gasteiger partial charge in [-0.2, -0.15) is 5.10 Å². The van der Waals surface area contributed by atoms with Crippen LogP contribution < -0.4 is 5.32 Å². The number of carbonyl (C=O) groups excluding carboxylic acids is 1. The lowest BCUT2D eigenvalue weighted by Crippen LogP contribution is -2.34. The third kappa shape index (κ3) is 6.04. The quantitative estimate of drug-likeness (QED) is 0.783. The Morgan fingerprint density at radius 3 is 2.78 bits per heavy atom. The highest BCUT2D eigenvalue weighted by molar-refractivity contribution is 5.85. The maximum atomic E-state index is 13.1. The summed E-state index contributed by atoms with van der Waals surface area (Å²) in [6, 6.07) is 8.35. The topological polar surface area (TPSA) is 50.2 Å². The second-order valence-electron chi connectivity index (χ2n) is 6.92. The van der Waals surface area contributed by atoms with Crippen molar-refractivity contribution in [3.8, 4) is 0 Å². The Bertz CT molecular complexity index is 713. The molecular formula is C20H28ClFN4O. The molecule has 0 saturated carbocycles. The lowest BCUT2D eigenvalue weighted by atomic mass is 9.97. The van der Waals surface area contributed by atoms with E-state index >= 15 is 0 Å². The SMILES string of the molecule is CCCN(Cc1ccc(F)cc1)C(=O)Cn1ccc(C2CCCNC2)n1.Cl. The van der Waals surface area contributed by atoms with Gasteiger partial charge in [-0.25, -0.2) is 4.39 Å². The van der Waals surface area contributed by atoms with Crippen molar-refractivity contribution in [2.75, 3.05) is 19.6 Å². The normalized spacial score (nSPS) is 16.6. The van der Waals surface area contributed by atoms with E-state index in [1.807, 2.05) is 24.1 Å². The smallest absolute Gasteiger partial charge is 0.244 e. The van der Waals surface area contributed by atoms with Gasteiger partial charge in [0.2, 0.25) is 5.91 Å². The maximum absolute atomic E-state index is 13.1. The van der Waals surface area contributed by atoms with Gasteiger partial charge in [0, 0.05) is 31.7 Å². The molecule has 1 aromatic carbocycles. The van der Waals surface area contributed by atoms with Gasteiger partial charge in [-0.05, 0) is 49.6 Å². The van der Waals surface area contributed by atoms with Crippen LogP contribution in [0, 0.1) is 5.82 Å². The van der Waals surface area contributed by atoms with E-state index in [1.54, 1.807) is 16.8 Å². The van der Waals surface area contributed by atoms with Gasteiger partial charge in [0.05, 0.1) is 5.69 Å². The first-order chi connectivity index (χ1) is 12.7. The van der Waals surface area contributed by atoms with Crippen LogP contribution in [0.15, 0.2) is 36.5 Å². The first-order valence-corrected chi connectivity index (χ1v) is 9.42. The zero-order chi connectivity index (χ0) is 18.4. The molecule has 3 rings (SSSR count). The summed E-state index contributed by atoms with van der Waals surface area (Å²) in [6.45, 7) is 5.49. The molecule has 2 heterocycles. The lowest BCUT2D eigenvalue weighted by molar-refractivity contribution is -0.132. The number of rotatable bonds is 7. The van der Waals surface area contributed by atoms with Crippen molar-refractivity contribution in [3.63, 3.8) is 0 Å². The highest BCUT2D eigenvalue weighted by Gasteiger charge is 2.19. The maximum Gasteiger partial charge on any atom is 0.244 e. The molecule has 1 fully saturated rings. The molecule has 0 bridgehead atoms. The molecule has 0 aliphatic carbocycles. The van der Waals surface area contributed by atoms with Gasteiger partial charge in [0.25, 0.3) is 0 Å². The van der Waals surface area contributed by atoms with Gasteiger partial charge in [-0.1, -0.05) is 19.1 Å². The van der Waals surface area contributed by atoms with E-state index in [9.17, 15) is 9.18 Å². The molecule has 7 heteroatoms. The van der Waals surface area contributed by atoms with Crippen LogP contribution in [-0.4, -0.2) is 40.2 Å². The zero-order valence-corrected chi connectivity index (χ0v) is 16.6. The Hall–Kier alpha value is -1.92. The van der Waals surface area contributed by atoms with Crippen molar-refractivity contribution in [2.45, 2.75) is 45.2 Å². The number of carbonyl (C=O) groups is 1. The van der Waals surface area contributed by atoms with Gasteiger partial charge in [-0.3, -0.25) is 9.48 Å². The Morgan fingerprint density at radius 2 is 2.11 bits per heavy atom. The average molecular weight is 395 g/mol. The summed E-state index contributed by atoms with van der Waals surface area (Å²) in [4.78, 5) is 14.6. The highest BCUT2D eigenvalue weighted by Crippen LogP contribution is 2.21. The number of hydrogen-bond acceptors (Lipinski definition) is 3. The van der Waals surface area contributed by atoms with Gasteiger partial charge in [0.15, 0.2) is 0 Å². The molecule has 1 N–H and O–H groups in total. The first kappa shape index (κ1) is 21.4. The van der Waals surface area contributed by atoms with E-state index < -0.39 is 0 Å². The lowest BCUT2D eigenvalue weighted by Gasteiger charge is -2.22. The van der Waals surface area contributed by atoms with Crippen LogP contribution in [0.25, 0.3) is 0 Å². The summed E-state index contributed by atoms with van der Waals surface area (Å²) in [5.74, 6) is 0.210. The van der Waals surface area contributed by atoms with Crippen molar-refractivity contribution >= 4 is 18.3 Å². The molecule has 0 radical (unpaired) electrons. The number of hydrogen-bond donors (Lipinski definition) is 1. The summed E-state index contributed by atoms with van der Waals surface area (Å²) in [6.07, 6.45) is 5.08. The molecule has 27 heavy (non-hydrogen) atoms. The fraction of sp³-hybridized carbons (Fsp3) is 0.500. The molecule has 1 aromatic heterocycles. The second kappa shape index (κ2) is 10.4. The van der Waals surface area contributed by atoms with Crippen LogP contribution in [0.2, 0.25) is 0 Å². The largest absolute Gasteiger partial charge is 0.337 e. The molecule has 1 atom stereocenters. The summed E-state index contributed by atoms with van der Waals surface area (Å²) in [5, 5.41) is 8.01. The van der Waals surface area contributed by atoms with E-state index in [0.717, 1.165) is 37.2 Å². The monoisotopic (exact) mass is 394 g/mol. The third-order valence-electron chi connectivity index (χ3n) is 4.81. The van der Waals surface area contributed by atoms with Crippen LogP contribution in [0.3, 0.4) is 0 Å². The number of nitrogens with one attached hydrogen (secondary N) is 1. The van der Waals surface area contributed by atoms with Gasteiger partial charge in [-0.15, -0.1) is 12.4 Å². The van der Waals surface area contributed by atoms with E-state index in [-0.39, 0.29) is 30.7 Å². The minimum Gasteiger partial charge on any atom is -0.337 e. The molecule has 148 valence electrons. The Kier molecular flexibility index (Phi) is 8.25. The van der Waals surface area contributed by atoms with Crippen LogP contribution in [0.5, 0.6) is 0 Å². The number of benzene rings is 1. The Morgan fingerprint density at radius 1 is 1.33 bits per heavy atom. The highest BCUT2D eigenvalue weighted by atomic mass is 35.5. The summed E-state index contributed by atoms with van der Waals surface area (Å²) in [5.41, 5.74) is 1.99. The Balaban J connectivity index is 0.00000261. The van der Waals surface area contributed by atoms with Gasteiger partial charge in [0.1, 0.15) is 12.4 Å². The fourth-order valence-corrected chi connectivity index (χ4v) is 3.40. The molecular weight excluding hydrogens is 367 g/mol. The zero-order valence-electron chi connectivity index (χ0n) is 15.7. The average Bonchev–Trinajstić information content (AvgIpc) is 3.12. The number of piperidine rings is 1. The second-order valence-corrected chi connectivity index (χ2v) is 6.92. The van der Waals surface area contributed by atoms with Crippen molar-refractivity contribution in [1.82, 2.24) is 20.0 Å². The predicted molar refractivity (Wildman–Crippen MR) is 106 cm³/mol. The van der Waals surface area contributed by atoms with Gasteiger partial charge >= 0.3 is 0 Å². The molecule has 1 unspecified atom stereocenters. The molecule has 1 aliphatic rings. The molecule has 5 nitrogen and oxygen atoms in total. The van der Waals surface area contributed by atoms with Crippen molar-refractivity contribution in [2.24, 2.45) is 0 Å². The summed E-state index contributed by atoms with van der Waals surface area (Å²) >= 11 is 0. The molecule has 2 aromatic rings. The van der Waals surface area contributed by atoms with Crippen molar-refractivity contribution < 1.29 is 9.18 Å². The van der Waals surface area contributed by atoms with Crippen molar-refractivity contribution in [1.29, 1.82) is 0 Å². The number of amides is 1. The van der Waals surface area contributed by atoms with Crippen LogP contribution in [-0.2, 0) is 17.9 Å². The van der Waals surface area contributed by atoms with E-state index in [4.69, 9.17) is 0 Å². The number of nitrogens with zero attached hydrogens (tertiary/aromatic N) is 3. The van der Waals surface area contributed by atoms with Gasteiger partial charge < -0.3 is 10.2 Å². The minimum absolute atomic E-state index is 0. The van der Waals surface area contributed by atoms with Crippen molar-refractivity contribution in [3.05, 3.63) is 53.6 Å². The molecule has 1 amide bonds. The summed E-state index contributed by atoms with van der Waals surface area (Å²) < 4.78 is 14.8. The fourth-order valence-electron chi connectivity index (χ4n) is 3.40. The first-order valence-electron chi connectivity index (χ1n) is 9.42. The Labute approximate surface area is 166 Å². The predicted octanol–water partition coefficient (Wildman–Crippen LogP) is 3.35. The number of aromatic nitrogens is 2. The van der Waals surface area contributed by atoms with Crippen LogP contribution >= 0.6 is 12.4 Å². The number of halogens is 2. The third-order valence-corrected chi connectivity index (χ3v) is 4.81. The van der Waals surface area contributed by atoms with E-state index in [0.29, 0.717) is 19.0 Å². The standard InChI is InChI=1S/C20H27FN4O.ClH/c1-2-11-24(14-16-5-7-18(21)8-6-16)20(26)15-25-12-9-19(23-25)17-4-3-10-22-13-17;/h5-9,12,17,22H,2-4,10-11,13-15H2,1H3;1H. The van der Waals surface area contributed by atoms with E-state index in [1.165, 1.54) is 18.6 Å². The minimum atomic E-state index is -0.261. The summed E-state index contributed by atoms with van der Waals surface area (Å²) in [7, 11) is 0. The van der Waals surface area contributed by atoms with Crippen LogP contribution in [0.1, 0.15) is 43.4 Å². The molecule has 1 saturated heterocycles.